The molecule has 0 spiro atoms. The van der Waals surface area contributed by atoms with Gasteiger partial charge in [-0.15, -0.1) is 0 Å². The number of carbonyl (C=O) groups is 1. The molecular formula is C15H12ClNO3. The minimum Gasteiger partial charge on any atom is -0.454 e. The number of rotatable bonds is 2. The average Bonchev–Trinajstić information content (AvgIpc) is 2.90. The molecular weight excluding hydrogens is 278 g/mol. The van der Waals surface area contributed by atoms with Gasteiger partial charge in [-0.2, -0.15) is 0 Å². The summed E-state index contributed by atoms with van der Waals surface area (Å²) in [5.74, 6) is 0.763. The van der Waals surface area contributed by atoms with Crippen LogP contribution in [0.3, 0.4) is 0 Å². The molecule has 1 N–H and O–H groups in total. The summed E-state index contributed by atoms with van der Waals surface area (Å²) in [6.45, 7) is 2.07. The Morgan fingerprint density at radius 1 is 1.25 bits per heavy atom. The van der Waals surface area contributed by atoms with E-state index < -0.39 is 0 Å². The van der Waals surface area contributed by atoms with Gasteiger partial charge in [-0.1, -0.05) is 23.7 Å². The molecule has 0 aromatic heterocycles. The van der Waals surface area contributed by atoms with E-state index >= 15 is 0 Å². The summed E-state index contributed by atoms with van der Waals surface area (Å²) < 4.78 is 10.6. The van der Waals surface area contributed by atoms with Crippen molar-refractivity contribution >= 4 is 23.2 Å². The number of ether oxygens (including phenoxy) is 2. The lowest BCUT2D eigenvalue weighted by Gasteiger charge is -2.09. The largest absolute Gasteiger partial charge is 0.454 e. The van der Waals surface area contributed by atoms with Crippen LogP contribution >= 0.6 is 11.6 Å². The summed E-state index contributed by atoms with van der Waals surface area (Å²) in [7, 11) is 0. The molecule has 0 unspecified atom stereocenters. The monoisotopic (exact) mass is 289 g/mol. The number of amides is 1. The van der Waals surface area contributed by atoms with Crippen LogP contribution in [0.1, 0.15) is 15.9 Å². The van der Waals surface area contributed by atoms with E-state index in [1.165, 1.54) is 0 Å². The molecule has 1 heterocycles. The maximum Gasteiger partial charge on any atom is 0.259 e. The summed E-state index contributed by atoms with van der Waals surface area (Å²) in [4.78, 5) is 12.3. The van der Waals surface area contributed by atoms with E-state index in [1.807, 2.05) is 13.0 Å². The minimum absolute atomic E-state index is 0.130. The van der Waals surface area contributed by atoms with Gasteiger partial charge in [0, 0.05) is 0 Å². The van der Waals surface area contributed by atoms with E-state index in [-0.39, 0.29) is 12.7 Å². The van der Waals surface area contributed by atoms with Crippen LogP contribution in [0.2, 0.25) is 5.02 Å². The zero-order valence-electron chi connectivity index (χ0n) is 10.8. The van der Waals surface area contributed by atoms with Crippen molar-refractivity contribution in [2.75, 3.05) is 12.1 Å². The first-order valence-electron chi connectivity index (χ1n) is 6.11. The van der Waals surface area contributed by atoms with Crippen molar-refractivity contribution in [1.82, 2.24) is 0 Å². The van der Waals surface area contributed by atoms with E-state index in [1.54, 1.807) is 30.3 Å². The summed E-state index contributed by atoms with van der Waals surface area (Å²) in [5, 5.41) is 3.28. The lowest BCUT2D eigenvalue weighted by atomic mass is 10.1. The van der Waals surface area contributed by atoms with Crippen molar-refractivity contribution < 1.29 is 14.3 Å². The Hall–Kier alpha value is -2.20. The maximum absolute atomic E-state index is 12.3. The molecule has 102 valence electrons. The molecule has 1 amide bonds. The van der Waals surface area contributed by atoms with E-state index in [9.17, 15) is 4.79 Å². The fourth-order valence-corrected chi connectivity index (χ4v) is 2.30. The second-order valence-corrected chi connectivity index (χ2v) is 4.88. The highest BCUT2D eigenvalue weighted by molar-refractivity contribution is 6.34. The second-order valence-electron chi connectivity index (χ2n) is 4.48. The quantitative estimate of drug-likeness (QED) is 0.918. The van der Waals surface area contributed by atoms with E-state index in [0.29, 0.717) is 27.8 Å². The van der Waals surface area contributed by atoms with Gasteiger partial charge in [0.25, 0.3) is 5.91 Å². The number of carbonyl (C=O) groups excluding carboxylic acids is 1. The van der Waals surface area contributed by atoms with Gasteiger partial charge in [0.1, 0.15) is 0 Å². The van der Waals surface area contributed by atoms with Gasteiger partial charge >= 0.3 is 0 Å². The number of aryl methyl sites for hydroxylation is 1. The predicted octanol–water partition coefficient (Wildman–Crippen LogP) is 3.63. The molecule has 2 aromatic rings. The lowest BCUT2D eigenvalue weighted by Crippen LogP contribution is -2.13. The first-order valence-corrected chi connectivity index (χ1v) is 6.49. The fraction of sp³-hybridized carbons (Fsp3) is 0.133. The zero-order valence-corrected chi connectivity index (χ0v) is 11.5. The Morgan fingerprint density at radius 2 is 2.10 bits per heavy atom. The van der Waals surface area contributed by atoms with Crippen molar-refractivity contribution in [3.63, 3.8) is 0 Å². The summed E-state index contributed by atoms with van der Waals surface area (Å²) in [6, 6.07) is 10.7. The third-order valence-corrected chi connectivity index (χ3v) is 3.33. The van der Waals surface area contributed by atoms with Gasteiger partial charge in [0.05, 0.1) is 16.3 Å². The van der Waals surface area contributed by atoms with E-state index in [0.717, 1.165) is 5.56 Å². The van der Waals surface area contributed by atoms with Gasteiger partial charge in [-0.05, 0) is 36.8 Å². The second kappa shape index (κ2) is 5.06. The molecule has 0 saturated carbocycles. The van der Waals surface area contributed by atoms with Crippen LogP contribution in [-0.4, -0.2) is 12.7 Å². The van der Waals surface area contributed by atoms with E-state index in [4.69, 9.17) is 21.1 Å². The Bertz CT molecular complexity index is 685. The Balaban J connectivity index is 1.89. The predicted molar refractivity (Wildman–Crippen MR) is 76.7 cm³/mol. The third-order valence-electron chi connectivity index (χ3n) is 3.01. The first kappa shape index (κ1) is 12.8. The standard InChI is InChI=1S/C15H12ClNO3/c1-9-5-6-12(11(16)7-9)17-15(18)10-3-2-4-13-14(10)20-8-19-13/h2-7H,8H2,1H3,(H,17,18). The minimum atomic E-state index is -0.280. The van der Waals surface area contributed by atoms with Crippen LogP contribution < -0.4 is 14.8 Å². The molecule has 0 atom stereocenters. The molecule has 20 heavy (non-hydrogen) atoms. The van der Waals surface area contributed by atoms with Gasteiger partial charge in [0.15, 0.2) is 11.5 Å². The molecule has 5 heteroatoms. The molecule has 0 radical (unpaired) electrons. The topological polar surface area (TPSA) is 47.6 Å². The van der Waals surface area contributed by atoms with Crippen molar-refractivity contribution in [1.29, 1.82) is 0 Å². The fourth-order valence-electron chi connectivity index (χ4n) is 2.02. The number of halogens is 1. The molecule has 0 aliphatic carbocycles. The van der Waals surface area contributed by atoms with Crippen molar-refractivity contribution in [2.24, 2.45) is 0 Å². The molecule has 1 aliphatic rings. The van der Waals surface area contributed by atoms with E-state index in [2.05, 4.69) is 5.32 Å². The Morgan fingerprint density at radius 3 is 2.90 bits per heavy atom. The van der Waals surface area contributed by atoms with Crippen LogP contribution in [0.4, 0.5) is 5.69 Å². The Kier molecular flexibility index (Phi) is 3.24. The van der Waals surface area contributed by atoms with Crippen LogP contribution in [-0.2, 0) is 0 Å². The summed E-state index contributed by atoms with van der Waals surface area (Å²) >= 11 is 6.11. The highest BCUT2D eigenvalue weighted by Gasteiger charge is 2.22. The SMILES string of the molecule is Cc1ccc(NC(=O)c2cccc3c2OCO3)c(Cl)c1. The molecule has 0 bridgehead atoms. The van der Waals surface area contributed by atoms with Crippen LogP contribution in [0.15, 0.2) is 36.4 Å². The van der Waals surface area contributed by atoms with Gasteiger partial charge in [-0.25, -0.2) is 0 Å². The maximum atomic E-state index is 12.3. The number of para-hydroxylation sites is 1. The number of fused-ring (bicyclic) bond motifs is 1. The number of hydrogen-bond donors (Lipinski definition) is 1. The first-order chi connectivity index (χ1) is 9.65. The highest BCUT2D eigenvalue weighted by atomic mass is 35.5. The number of hydrogen-bond acceptors (Lipinski definition) is 3. The molecule has 4 nitrogen and oxygen atoms in total. The number of anilines is 1. The van der Waals surface area contributed by atoms with Gasteiger partial charge in [-0.3, -0.25) is 4.79 Å². The zero-order chi connectivity index (χ0) is 14.1. The highest BCUT2D eigenvalue weighted by Crippen LogP contribution is 2.36. The molecule has 3 rings (SSSR count). The van der Waals surface area contributed by atoms with Crippen LogP contribution in [0.25, 0.3) is 0 Å². The van der Waals surface area contributed by atoms with Gasteiger partial charge in [0.2, 0.25) is 6.79 Å². The van der Waals surface area contributed by atoms with Crippen molar-refractivity contribution in [3.05, 3.63) is 52.5 Å². The third kappa shape index (κ3) is 2.30. The molecule has 0 saturated heterocycles. The van der Waals surface area contributed by atoms with Crippen LogP contribution in [0, 0.1) is 6.92 Å². The van der Waals surface area contributed by atoms with Crippen LogP contribution in [0.5, 0.6) is 11.5 Å². The summed E-state index contributed by atoms with van der Waals surface area (Å²) in [6.07, 6.45) is 0. The van der Waals surface area contributed by atoms with Crippen molar-refractivity contribution in [3.8, 4) is 11.5 Å². The Labute approximate surface area is 121 Å². The number of benzene rings is 2. The molecule has 1 aliphatic heterocycles. The van der Waals surface area contributed by atoms with Gasteiger partial charge < -0.3 is 14.8 Å². The molecule has 2 aromatic carbocycles. The summed E-state index contributed by atoms with van der Waals surface area (Å²) in [5.41, 5.74) is 2.03. The van der Waals surface area contributed by atoms with Crippen molar-refractivity contribution in [2.45, 2.75) is 6.92 Å². The molecule has 0 fully saturated rings. The average molecular weight is 290 g/mol. The smallest absolute Gasteiger partial charge is 0.259 e. The lowest BCUT2D eigenvalue weighted by molar-refractivity contribution is 0.102. The normalized spacial score (nSPS) is 12.3. The number of nitrogens with one attached hydrogen (secondary N) is 1.